The molecular weight excluding hydrogens is 226 g/mol. The van der Waals surface area contributed by atoms with Gasteiger partial charge in [-0.05, 0) is 25.7 Å². The van der Waals surface area contributed by atoms with Crippen molar-refractivity contribution in [2.24, 2.45) is 11.7 Å². The second-order valence-corrected chi connectivity index (χ2v) is 5.18. The van der Waals surface area contributed by atoms with Crippen LogP contribution >= 0.6 is 0 Å². The molecule has 1 unspecified atom stereocenters. The van der Waals surface area contributed by atoms with E-state index < -0.39 is 0 Å². The van der Waals surface area contributed by atoms with Gasteiger partial charge in [-0.25, -0.2) is 9.97 Å². The van der Waals surface area contributed by atoms with Gasteiger partial charge in [-0.2, -0.15) is 0 Å². The molecule has 1 fully saturated rings. The molecule has 18 heavy (non-hydrogen) atoms. The minimum absolute atomic E-state index is 0.120. The number of hydrogen-bond acceptors (Lipinski definition) is 5. The van der Waals surface area contributed by atoms with Gasteiger partial charge in [-0.1, -0.05) is 12.8 Å². The van der Waals surface area contributed by atoms with Crippen LogP contribution in [0.25, 0.3) is 0 Å². The maximum absolute atomic E-state index is 5.70. The van der Waals surface area contributed by atoms with Crippen LogP contribution in [0.1, 0.15) is 32.6 Å². The second kappa shape index (κ2) is 6.54. The van der Waals surface area contributed by atoms with Crippen LogP contribution in [0, 0.1) is 5.92 Å². The SMILES string of the molecule is CC(N)CNc1cc(NCC2CCCC2)ncn1. The van der Waals surface area contributed by atoms with Gasteiger partial charge in [0.15, 0.2) is 0 Å². The summed E-state index contributed by atoms with van der Waals surface area (Å²) in [5.74, 6) is 2.53. The highest BCUT2D eigenvalue weighted by molar-refractivity contribution is 5.46. The molecule has 0 bridgehead atoms. The Morgan fingerprint density at radius 3 is 2.61 bits per heavy atom. The van der Waals surface area contributed by atoms with E-state index >= 15 is 0 Å². The van der Waals surface area contributed by atoms with Gasteiger partial charge in [0.2, 0.25) is 0 Å². The van der Waals surface area contributed by atoms with E-state index in [-0.39, 0.29) is 6.04 Å². The lowest BCUT2D eigenvalue weighted by Gasteiger charge is -2.12. The molecule has 5 heteroatoms. The average Bonchev–Trinajstić information content (AvgIpc) is 2.87. The zero-order valence-electron chi connectivity index (χ0n) is 11.0. The normalized spacial score (nSPS) is 17.7. The van der Waals surface area contributed by atoms with Crippen molar-refractivity contribution in [3.63, 3.8) is 0 Å². The van der Waals surface area contributed by atoms with Crippen molar-refractivity contribution < 1.29 is 0 Å². The first-order valence-corrected chi connectivity index (χ1v) is 6.79. The van der Waals surface area contributed by atoms with Crippen LogP contribution in [0.3, 0.4) is 0 Å². The molecule has 0 spiro atoms. The van der Waals surface area contributed by atoms with Crippen LogP contribution in [0.15, 0.2) is 12.4 Å². The minimum Gasteiger partial charge on any atom is -0.370 e. The highest BCUT2D eigenvalue weighted by Gasteiger charge is 2.14. The summed E-state index contributed by atoms with van der Waals surface area (Å²) in [4.78, 5) is 8.41. The summed E-state index contributed by atoms with van der Waals surface area (Å²) >= 11 is 0. The van der Waals surface area contributed by atoms with Crippen LogP contribution in [-0.4, -0.2) is 29.1 Å². The van der Waals surface area contributed by atoms with Crippen molar-refractivity contribution >= 4 is 11.6 Å². The molecule has 1 aliphatic rings. The van der Waals surface area contributed by atoms with Gasteiger partial charge in [-0.3, -0.25) is 0 Å². The lowest BCUT2D eigenvalue weighted by Crippen LogP contribution is -2.25. The van der Waals surface area contributed by atoms with E-state index in [1.807, 2.05) is 13.0 Å². The molecule has 0 aliphatic heterocycles. The van der Waals surface area contributed by atoms with Gasteiger partial charge < -0.3 is 16.4 Å². The van der Waals surface area contributed by atoms with Crippen molar-refractivity contribution in [2.45, 2.75) is 38.6 Å². The minimum atomic E-state index is 0.120. The van der Waals surface area contributed by atoms with E-state index in [2.05, 4.69) is 20.6 Å². The number of anilines is 2. The zero-order valence-corrected chi connectivity index (χ0v) is 11.0. The molecule has 0 saturated heterocycles. The predicted molar refractivity (Wildman–Crippen MR) is 74.6 cm³/mol. The molecule has 1 saturated carbocycles. The van der Waals surface area contributed by atoms with Crippen LogP contribution in [0.4, 0.5) is 11.6 Å². The fourth-order valence-electron chi connectivity index (χ4n) is 2.28. The third kappa shape index (κ3) is 4.14. The molecule has 1 heterocycles. The summed E-state index contributed by atoms with van der Waals surface area (Å²) in [5.41, 5.74) is 5.70. The fourth-order valence-corrected chi connectivity index (χ4v) is 2.28. The molecule has 0 radical (unpaired) electrons. The smallest absolute Gasteiger partial charge is 0.131 e. The first-order valence-electron chi connectivity index (χ1n) is 6.79. The van der Waals surface area contributed by atoms with Crippen molar-refractivity contribution in [1.29, 1.82) is 0 Å². The highest BCUT2D eigenvalue weighted by Crippen LogP contribution is 2.24. The maximum atomic E-state index is 5.70. The van der Waals surface area contributed by atoms with Crippen LogP contribution in [-0.2, 0) is 0 Å². The molecule has 1 aromatic rings. The highest BCUT2D eigenvalue weighted by atomic mass is 15.1. The number of aromatic nitrogens is 2. The zero-order chi connectivity index (χ0) is 12.8. The van der Waals surface area contributed by atoms with E-state index in [0.29, 0.717) is 0 Å². The Morgan fingerprint density at radius 2 is 1.94 bits per heavy atom. The molecule has 1 aromatic heterocycles. The molecule has 0 aromatic carbocycles. The third-order valence-electron chi connectivity index (χ3n) is 3.32. The largest absolute Gasteiger partial charge is 0.370 e. The summed E-state index contributed by atoms with van der Waals surface area (Å²) in [6, 6.07) is 2.06. The van der Waals surface area contributed by atoms with Crippen LogP contribution < -0.4 is 16.4 Å². The molecule has 1 aliphatic carbocycles. The second-order valence-electron chi connectivity index (χ2n) is 5.18. The van der Waals surface area contributed by atoms with E-state index in [4.69, 9.17) is 5.73 Å². The summed E-state index contributed by atoms with van der Waals surface area (Å²) in [6.45, 7) is 3.70. The Hall–Kier alpha value is -1.36. The monoisotopic (exact) mass is 249 g/mol. The maximum Gasteiger partial charge on any atom is 0.131 e. The first kappa shape index (κ1) is 13.1. The lowest BCUT2D eigenvalue weighted by molar-refractivity contribution is 0.579. The van der Waals surface area contributed by atoms with Crippen molar-refractivity contribution in [2.75, 3.05) is 23.7 Å². The lowest BCUT2D eigenvalue weighted by atomic mass is 10.1. The van der Waals surface area contributed by atoms with Gasteiger partial charge in [-0.15, -0.1) is 0 Å². The number of nitrogens with zero attached hydrogens (tertiary/aromatic N) is 2. The Kier molecular flexibility index (Phi) is 4.75. The van der Waals surface area contributed by atoms with Crippen molar-refractivity contribution in [1.82, 2.24) is 9.97 Å². The Balaban J connectivity index is 1.82. The fraction of sp³-hybridized carbons (Fsp3) is 0.692. The Labute approximate surface area is 109 Å². The van der Waals surface area contributed by atoms with Crippen LogP contribution in [0.5, 0.6) is 0 Å². The average molecular weight is 249 g/mol. The van der Waals surface area contributed by atoms with Crippen molar-refractivity contribution in [3.05, 3.63) is 12.4 Å². The Morgan fingerprint density at radius 1 is 1.28 bits per heavy atom. The van der Waals surface area contributed by atoms with E-state index in [1.165, 1.54) is 25.7 Å². The van der Waals surface area contributed by atoms with Gasteiger partial charge in [0.05, 0.1) is 0 Å². The predicted octanol–water partition coefficient (Wildman–Crippen LogP) is 1.84. The van der Waals surface area contributed by atoms with E-state index in [9.17, 15) is 0 Å². The number of nitrogens with one attached hydrogen (secondary N) is 2. The standard InChI is InChI=1S/C13H23N5/c1-10(14)7-15-12-6-13(18-9-17-12)16-8-11-4-2-3-5-11/h6,9-11H,2-5,7-8,14H2,1H3,(H2,15,16,17,18). The topological polar surface area (TPSA) is 75.9 Å². The number of rotatable bonds is 6. The molecule has 2 rings (SSSR count). The first-order chi connectivity index (χ1) is 8.74. The summed E-state index contributed by atoms with van der Waals surface area (Å²) in [5, 5.41) is 6.59. The summed E-state index contributed by atoms with van der Waals surface area (Å²) in [7, 11) is 0. The van der Waals surface area contributed by atoms with Gasteiger partial charge in [0.1, 0.15) is 18.0 Å². The summed E-state index contributed by atoms with van der Waals surface area (Å²) in [6.07, 6.45) is 7.01. The third-order valence-corrected chi connectivity index (χ3v) is 3.32. The summed E-state index contributed by atoms with van der Waals surface area (Å²) < 4.78 is 0. The van der Waals surface area contributed by atoms with E-state index in [0.717, 1.165) is 30.6 Å². The van der Waals surface area contributed by atoms with Crippen molar-refractivity contribution in [3.8, 4) is 0 Å². The van der Waals surface area contributed by atoms with Gasteiger partial charge >= 0.3 is 0 Å². The van der Waals surface area contributed by atoms with Crippen LogP contribution in [0.2, 0.25) is 0 Å². The van der Waals surface area contributed by atoms with Gasteiger partial charge in [0, 0.05) is 25.2 Å². The molecule has 5 nitrogen and oxygen atoms in total. The van der Waals surface area contributed by atoms with E-state index in [1.54, 1.807) is 6.33 Å². The quantitative estimate of drug-likeness (QED) is 0.717. The molecular formula is C13H23N5. The molecule has 4 N–H and O–H groups in total. The van der Waals surface area contributed by atoms with Gasteiger partial charge in [0.25, 0.3) is 0 Å². The molecule has 100 valence electrons. The number of hydrogen-bond donors (Lipinski definition) is 3. The Bertz CT molecular complexity index is 360. The molecule has 0 amide bonds. The number of nitrogens with two attached hydrogens (primary N) is 1. The molecule has 1 atom stereocenters.